The van der Waals surface area contributed by atoms with E-state index < -0.39 is 0 Å². The van der Waals surface area contributed by atoms with Gasteiger partial charge in [-0.1, -0.05) is 6.07 Å². The van der Waals surface area contributed by atoms with Gasteiger partial charge in [0.2, 0.25) is 5.91 Å². The molecule has 2 aliphatic heterocycles. The van der Waals surface area contributed by atoms with Crippen molar-refractivity contribution >= 4 is 5.91 Å². The first-order valence-electron chi connectivity index (χ1n) is 6.22. The van der Waals surface area contributed by atoms with Gasteiger partial charge in [0.05, 0.1) is 12.1 Å². The molecule has 0 N–H and O–H groups in total. The minimum Gasteiger partial charge on any atom is -0.365 e. The fourth-order valence-corrected chi connectivity index (χ4v) is 2.71. The van der Waals surface area contributed by atoms with E-state index in [1.807, 2.05) is 24.2 Å². The smallest absolute Gasteiger partial charge is 0.248 e. The zero-order chi connectivity index (χ0) is 12.5. The predicted octanol–water partition coefficient (Wildman–Crippen LogP) is 0.123. The second-order valence-electron chi connectivity index (χ2n) is 4.98. The third-order valence-corrected chi connectivity index (χ3v) is 3.75. The number of carbonyl (C=O) groups excluding carboxylic acids is 1. The van der Waals surface area contributed by atoms with Crippen LogP contribution < -0.4 is 0 Å². The number of ether oxygens (including phenoxy) is 1. The number of pyridine rings is 1. The highest BCUT2D eigenvalue weighted by atomic mass is 16.5. The maximum Gasteiger partial charge on any atom is 0.248 e. The molecule has 3 rings (SSSR count). The highest BCUT2D eigenvalue weighted by molar-refractivity contribution is 5.78. The second-order valence-corrected chi connectivity index (χ2v) is 4.98. The van der Waals surface area contributed by atoms with Crippen LogP contribution in [0.4, 0.5) is 0 Å². The minimum absolute atomic E-state index is 0.0828. The average molecular weight is 247 g/mol. The van der Waals surface area contributed by atoms with Crippen LogP contribution in [0, 0.1) is 0 Å². The summed E-state index contributed by atoms with van der Waals surface area (Å²) in [6, 6.07) is 4.22. The normalized spacial score (nSPS) is 28.5. The monoisotopic (exact) mass is 247 g/mol. The summed E-state index contributed by atoms with van der Waals surface area (Å²) < 4.78 is 5.60. The Morgan fingerprint density at radius 1 is 1.50 bits per heavy atom. The van der Waals surface area contributed by atoms with Crippen molar-refractivity contribution in [1.29, 1.82) is 0 Å². The minimum atomic E-state index is 0.0828. The molecule has 1 aromatic rings. The van der Waals surface area contributed by atoms with Crippen LogP contribution in [0.3, 0.4) is 0 Å². The van der Waals surface area contributed by atoms with E-state index in [4.69, 9.17) is 4.74 Å². The SMILES string of the molecule is CN1C(=O)COC2CN(Cc3cccnc3)CC21. The van der Waals surface area contributed by atoms with Crippen molar-refractivity contribution in [1.82, 2.24) is 14.8 Å². The lowest BCUT2D eigenvalue weighted by Gasteiger charge is -2.33. The van der Waals surface area contributed by atoms with Gasteiger partial charge in [-0.15, -0.1) is 0 Å². The van der Waals surface area contributed by atoms with Gasteiger partial charge >= 0.3 is 0 Å². The lowest BCUT2D eigenvalue weighted by atomic mass is 10.1. The van der Waals surface area contributed by atoms with Crippen LogP contribution in [0.25, 0.3) is 0 Å². The Morgan fingerprint density at radius 3 is 3.17 bits per heavy atom. The maximum absolute atomic E-state index is 11.6. The molecule has 2 aliphatic rings. The number of fused-ring (bicyclic) bond motifs is 1. The fraction of sp³-hybridized carbons (Fsp3) is 0.538. The molecule has 5 heteroatoms. The number of carbonyl (C=O) groups is 1. The van der Waals surface area contributed by atoms with Gasteiger partial charge in [0, 0.05) is 39.1 Å². The summed E-state index contributed by atoms with van der Waals surface area (Å²) in [5.74, 6) is 0.0828. The van der Waals surface area contributed by atoms with Gasteiger partial charge in [-0.3, -0.25) is 14.7 Å². The largest absolute Gasteiger partial charge is 0.365 e. The van der Waals surface area contributed by atoms with Crippen LogP contribution in [0.1, 0.15) is 5.56 Å². The lowest BCUT2D eigenvalue weighted by molar-refractivity contribution is -0.150. The van der Waals surface area contributed by atoms with E-state index >= 15 is 0 Å². The average Bonchev–Trinajstić information content (AvgIpc) is 2.79. The first-order valence-corrected chi connectivity index (χ1v) is 6.22. The first-order chi connectivity index (χ1) is 8.74. The van der Waals surface area contributed by atoms with Crippen LogP contribution in [0.2, 0.25) is 0 Å². The quantitative estimate of drug-likeness (QED) is 0.745. The molecule has 2 unspecified atom stereocenters. The summed E-state index contributed by atoms with van der Waals surface area (Å²) in [6.45, 7) is 2.85. The topological polar surface area (TPSA) is 45.7 Å². The third-order valence-electron chi connectivity index (χ3n) is 3.75. The Balaban J connectivity index is 1.66. The predicted molar refractivity (Wildman–Crippen MR) is 65.8 cm³/mol. The van der Waals surface area contributed by atoms with Gasteiger partial charge in [0.15, 0.2) is 0 Å². The molecule has 18 heavy (non-hydrogen) atoms. The van der Waals surface area contributed by atoms with Crippen molar-refractivity contribution in [2.24, 2.45) is 0 Å². The number of nitrogens with zero attached hydrogens (tertiary/aromatic N) is 3. The van der Waals surface area contributed by atoms with Crippen molar-refractivity contribution < 1.29 is 9.53 Å². The number of amides is 1. The zero-order valence-electron chi connectivity index (χ0n) is 10.5. The van der Waals surface area contributed by atoms with Crippen molar-refractivity contribution in [2.45, 2.75) is 18.7 Å². The van der Waals surface area contributed by atoms with Crippen LogP contribution in [-0.4, -0.2) is 59.6 Å². The van der Waals surface area contributed by atoms with E-state index in [2.05, 4.69) is 16.0 Å². The molecule has 0 aromatic carbocycles. The zero-order valence-corrected chi connectivity index (χ0v) is 10.5. The molecule has 96 valence electrons. The van der Waals surface area contributed by atoms with E-state index in [0.29, 0.717) is 0 Å². The molecule has 2 saturated heterocycles. The van der Waals surface area contributed by atoms with E-state index in [1.54, 1.807) is 6.20 Å². The molecule has 0 saturated carbocycles. The lowest BCUT2D eigenvalue weighted by Crippen LogP contribution is -2.51. The van der Waals surface area contributed by atoms with Crippen LogP contribution in [-0.2, 0) is 16.1 Å². The standard InChI is InChI=1S/C13H17N3O2/c1-15-11-7-16(6-10-3-2-4-14-5-10)8-12(11)18-9-13(15)17/h2-5,11-12H,6-9H2,1H3. The van der Waals surface area contributed by atoms with Gasteiger partial charge in [-0.25, -0.2) is 0 Å². The van der Waals surface area contributed by atoms with Crippen molar-refractivity contribution in [3.63, 3.8) is 0 Å². The van der Waals surface area contributed by atoms with Gasteiger partial charge in [-0.05, 0) is 11.6 Å². The molecule has 1 amide bonds. The van der Waals surface area contributed by atoms with Gasteiger partial charge in [-0.2, -0.15) is 0 Å². The number of aromatic nitrogens is 1. The molecule has 3 heterocycles. The Bertz CT molecular complexity index is 437. The molecular formula is C13H17N3O2. The van der Waals surface area contributed by atoms with Crippen molar-refractivity contribution in [2.75, 3.05) is 26.7 Å². The third kappa shape index (κ3) is 2.11. The summed E-state index contributed by atoms with van der Waals surface area (Å²) in [6.07, 6.45) is 3.82. The molecule has 1 aromatic heterocycles. The second kappa shape index (κ2) is 4.66. The van der Waals surface area contributed by atoms with Gasteiger partial charge < -0.3 is 9.64 Å². The Morgan fingerprint density at radius 2 is 2.39 bits per heavy atom. The van der Waals surface area contributed by atoms with Crippen molar-refractivity contribution in [3.05, 3.63) is 30.1 Å². The number of morpholine rings is 1. The molecule has 0 bridgehead atoms. The molecule has 0 spiro atoms. The molecule has 0 aliphatic carbocycles. The number of likely N-dealkylation sites (tertiary alicyclic amines) is 1. The molecule has 5 nitrogen and oxygen atoms in total. The van der Waals surface area contributed by atoms with Crippen molar-refractivity contribution in [3.8, 4) is 0 Å². The summed E-state index contributed by atoms with van der Waals surface area (Å²) >= 11 is 0. The summed E-state index contributed by atoms with van der Waals surface area (Å²) in [7, 11) is 1.87. The van der Waals surface area contributed by atoms with Gasteiger partial charge in [0.1, 0.15) is 6.61 Å². The molecular weight excluding hydrogens is 230 g/mol. The summed E-state index contributed by atoms with van der Waals surface area (Å²) in [5.41, 5.74) is 1.20. The molecule has 2 atom stereocenters. The summed E-state index contributed by atoms with van der Waals surface area (Å²) in [5, 5.41) is 0. The van der Waals surface area contributed by atoms with Crippen LogP contribution in [0.5, 0.6) is 0 Å². The first kappa shape index (κ1) is 11.6. The fourth-order valence-electron chi connectivity index (χ4n) is 2.71. The highest BCUT2D eigenvalue weighted by Crippen LogP contribution is 2.23. The van der Waals surface area contributed by atoms with E-state index in [-0.39, 0.29) is 24.7 Å². The highest BCUT2D eigenvalue weighted by Gasteiger charge is 2.41. The van der Waals surface area contributed by atoms with E-state index in [0.717, 1.165) is 19.6 Å². The Labute approximate surface area is 106 Å². The van der Waals surface area contributed by atoms with Gasteiger partial charge in [0.25, 0.3) is 0 Å². The molecule has 0 radical (unpaired) electrons. The molecule has 2 fully saturated rings. The number of likely N-dealkylation sites (N-methyl/N-ethyl adjacent to an activating group) is 1. The summed E-state index contributed by atoms with van der Waals surface area (Å²) in [4.78, 5) is 19.8. The number of rotatable bonds is 2. The Hall–Kier alpha value is -1.46. The van der Waals surface area contributed by atoms with E-state index in [1.165, 1.54) is 5.56 Å². The van der Waals surface area contributed by atoms with Crippen LogP contribution >= 0.6 is 0 Å². The Kier molecular flexibility index (Phi) is 3.01. The van der Waals surface area contributed by atoms with E-state index in [9.17, 15) is 4.79 Å². The maximum atomic E-state index is 11.6. The number of hydrogen-bond donors (Lipinski definition) is 0. The number of hydrogen-bond acceptors (Lipinski definition) is 4. The van der Waals surface area contributed by atoms with Crippen LogP contribution in [0.15, 0.2) is 24.5 Å².